The van der Waals surface area contributed by atoms with Gasteiger partial charge in [0, 0.05) is 22.7 Å². The first-order chi connectivity index (χ1) is 27.9. The van der Waals surface area contributed by atoms with Crippen molar-refractivity contribution in [3.05, 3.63) is 204 Å². The average Bonchev–Trinajstić information content (AvgIpc) is 3.60. The summed E-state index contributed by atoms with van der Waals surface area (Å²) >= 11 is 0. The van der Waals surface area contributed by atoms with E-state index in [-0.39, 0.29) is 10.8 Å². The topological polar surface area (TPSA) is 37.6 Å². The maximum absolute atomic E-state index is 4.95. The van der Waals surface area contributed by atoms with Gasteiger partial charge in [0.1, 0.15) is 5.69 Å². The van der Waals surface area contributed by atoms with Gasteiger partial charge in [0.2, 0.25) is 0 Å². The lowest BCUT2D eigenvalue weighted by molar-refractivity contribution is 0.652. The lowest BCUT2D eigenvalue weighted by Crippen LogP contribution is -2.17. The summed E-state index contributed by atoms with van der Waals surface area (Å²) in [5, 5.41) is 0. The summed E-state index contributed by atoms with van der Waals surface area (Å²) in [6.07, 6.45) is 9.44. The molecule has 0 fully saturated rings. The van der Waals surface area contributed by atoms with E-state index in [4.69, 9.17) is 9.98 Å². The molecule has 0 bridgehead atoms. The Kier molecular flexibility index (Phi) is 10.0. The van der Waals surface area contributed by atoms with Gasteiger partial charge in [-0.3, -0.25) is 9.98 Å². The largest absolute Gasteiger partial charge is 0.260 e. The first kappa shape index (κ1) is 38.4. The van der Waals surface area contributed by atoms with Crippen LogP contribution in [0.5, 0.6) is 0 Å². The van der Waals surface area contributed by atoms with E-state index < -0.39 is 0 Å². The van der Waals surface area contributed by atoms with Crippen LogP contribution in [-0.2, 0) is 17.4 Å². The monoisotopic (exact) mass is 753 g/mol. The zero-order valence-corrected chi connectivity index (χ0v) is 34.8. The number of rotatable bonds is 9. The molecule has 286 valence electrons. The third kappa shape index (κ3) is 6.96. The fraction of sp³-hybridized carbons (Fsp3) is 0.182. The Morgan fingerprint density at radius 2 is 1.16 bits per heavy atom. The number of benzene rings is 5. The molecule has 5 aromatic carbocycles. The molecule has 2 aliphatic carbocycles. The smallest absolute Gasteiger partial charge is 0.174 e. The molecule has 0 atom stereocenters. The maximum atomic E-state index is 4.95. The van der Waals surface area contributed by atoms with Crippen LogP contribution in [0.25, 0.3) is 50.1 Å². The lowest BCUT2D eigenvalue weighted by Gasteiger charge is -2.24. The molecule has 58 heavy (non-hydrogen) atoms. The highest BCUT2D eigenvalue weighted by Gasteiger charge is 2.41. The van der Waals surface area contributed by atoms with Crippen molar-refractivity contribution < 1.29 is 0 Å². The first-order valence-corrected chi connectivity index (χ1v) is 20.2. The fourth-order valence-electron chi connectivity index (χ4n) is 8.55. The van der Waals surface area contributed by atoms with E-state index in [1.165, 1.54) is 72.3 Å². The Morgan fingerprint density at radius 3 is 1.67 bits per heavy atom. The summed E-state index contributed by atoms with van der Waals surface area (Å²) in [4.78, 5) is 14.4. The third-order valence-electron chi connectivity index (χ3n) is 12.2. The summed E-state index contributed by atoms with van der Waals surface area (Å²) in [5.74, 6) is 0.621. The van der Waals surface area contributed by atoms with Gasteiger partial charge in [-0.1, -0.05) is 150 Å². The molecule has 3 nitrogen and oxygen atoms in total. The third-order valence-corrected chi connectivity index (χ3v) is 12.2. The van der Waals surface area contributed by atoms with E-state index in [1.54, 1.807) is 12.3 Å². The van der Waals surface area contributed by atoms with E-state index >= 15 is 0 Å². The zero-order valence-electron chi connectivity index (χ0n) is 34.8. The number of nitrogens with zero attached hydrogens (tertiary/aromatic N) is 3. The quantitative estimate of drug-likeness (QED) is 0.0823. The molecule has 0 unspecified atom stereocenters. The maximum Gasteiger partial charge on any atom is 0.174 e. The number of hydrogen-bond acceptors (Lipinski definition) is 2. The van der Waals surface area contributed by atoms with Gasteiger partial charge in [0.15, 0.2) is 5.84 Å². The van der Waals surface area contributed by atoms with Crippen LogP contribution in [0.4, 0.5) is 0 Å². The molecule has 1 aromatic heterocycles. The number of fused-ring (bicyclic) bond motifs is 6. The van der Waals surface area contributed by atoms with Crippen molar-refractivity contribution in [2.75, 3.05) is 0 Å². The van der Waals surface area contributed by atoms with Crippen molar-refractivity contribution in [3.63, 3.8) is 0 Å². The summed E-state index contributed by atoms with van der Waals surface area (Å²) in [7, 11) is 0. The predicted molar refractivity (Wildman–Crippen MR) is 248 cm³/mol. The Hall–Kier alpha value is -6.45. The molecule has 1 heterocycles. The summed E-state index contributed by atoms with van der Waals surface area (Å²) in [6, 6.07) is 42.5. The van der Waals surface area contributed by atoms with Crippen LogP contribution in [0.15, 0.2) is 174 Å². The van der Waals surface area contributed by atoms with Gasteiger partial charge >= 0.3 is 0 Å². The summed E-state index contributed by atoms with van der Waals surface area (Å²) in [6.45, 7) is 24.0. The van der Waals surface area contributed by atoms with Crippen LogP contribution in [0.1, 0.15) is 87.5 Å². The highest BCUT2D eigenvalue weighted by atomic mass is 14.9. The number of amidine groups is 1. The van der Waals surface area contributed by atoms with Gasteiger partial charge in [0.05, 0.1) is 6.54 Å². The Labute approximate surface area is 344 Å². The molecule has 0 aliphatic heterocycles. The first-order valence-electron chi connectivity index (χ1n) is 20.2. The molecular formula is C55H51N3. The minimum atomic E-state index is -0.141. The van der Waals surface area contributed by atoms with Gasteiger partial charge in [-0.25, -0.2) is 4.99 Å². The van der Waals surface area contributed by atoms with Crippen molar-refractivity contribution in [1.82, 2.24) is 4.98 Å². The molecule has 0 spiro atoms. The zero-order chi connectivity index (χ0) is 40.8. The molecule has 0 saturated heterocycles. The van der Waals surface area contributed by atoms with E-state index in [1.807, 2.05) is 50.3 Å². The summed E-state index contributed by atoms with van der Waals surface area (Å²) in [5.41, 5.74) is 21.7. The number of allylic oxidation sites excluding steroid dienone is 6. The van der Waals surface area contributed by atoms with Gasteiger partial charge in [-0.15, -0.1) is 0 Å². The van der Waals surface area contributed by atoms with E-state index in [0.29, 0.717) is 12.4 Å². The Morgan fingerprint density at radius 1 is 0.621 bits per heavy atom. The second-order valence-electron chi connectivity index (χ2n) is 16.8. The minimum Gasteiger partial charge on any atom is -0.260 e. The Bertz CT molecular complexity index is 2720. The second kappa shape index (κ2) is 15.1. The fourth-order valence-corrected chi connectivity index (χ4v) is 8.55. The van der Waals surface area contributed by atoms with E-state index in [0.717, 1.165) is 28.1 Å². The van der Waals surface area contributed by atoms with Crippen molar-refractivity contribution in [2.24, 2.45) is 9.98 Å². The molecule has 0 radical (unpaired) electrons. The molecule has 6 aromatic rings. The van der Waals surface area contributed by atoms with Crippen LogP contribution in [0.2, 0.25) is 0 Å². The van der Waals surface area contributed by atoms with Crippen LogP contribution >= 0.6 is 0 Å². The molecule has 3 heteroatoms. The van der Waals surface area contributed by atoms with Gasteiger partial charge in [-0.05, 0) is 141 Å². The highest BCUT2D eigenvalue weighted by Crippen LogP contribution is 2.56. The highest BCUT2D eigenvalue weighted by molar-refractivity contribution is 6.10. The van der Waals surface area contributed by atoms with Crippen molar-refractivity contribution >= 4 is 17.1 Å². The van der Waals surface area contributed by atoms with Crippen LogP contribution in [0.3, 0.4) is 0 Å². The van der Waals surface area contributed by atoms with E-state index in [2.05, 4.69) is 150 Å². The molecule has 0 N–H and O–H groups in total. The predicted octanol–water partition coefficient (Wildman–Crippen LogP) is 14.2. The molecule has 0 amide bonds. The Balaban J connectivity index is 1.06. The van der Waals surface area contributed by atoms with Crippen molar-refractivity contribution in [1.29, 1.82) is 0 Å². The van der Waals surface area contributed by atoms with Crippen LogP contribution in [0, 0.1) is 0 Å². The number of hydrogen-bond donors (Lipinski definition) is 0. The molecule has 0 saturated carbocycles. The van der Waals surface area contributed by atoms with Crippen molar-refractivity contribution in [3.8, 4) is 44.5 Å². The minimum absolute atomic E-state index is 0.117. The standard InChI is InChI=1S/C55H51N3/c1-10-11-12-15-36(4)37(5)58-53(52-16-13-14-29-56-52)57-34-38-17-19-40(20-18-38)42-25-27-44-46-32-51-47(33-50(46)54(6,7)48(44)30-42)45-28-26-43(31-49(45)55(51,8)9)41-23-21-39(22-24-41)35(2)3/h10-33H,1-2,34H2,3-9H3/b12-11-,36-15+,57-53-,58-37+. The second-order valence-corrected chi connectivity index (χ2v) is 16.8. The van der Waals surface area contributed by atoms with E-state index in [9.17, 15) is 0 Å². The normalized spacial score (nSPS) is 15.2. The van der Waals surface area contributed by atoms with Crippen molar-refractivity contribution in [2.45, 2.75) is 65.8 Å². The number of aromatic nitrogens is 1. The summed E-state index contributed by atoms with van der Waals surface area (Å²) < 4.78 is 0. The average molecular weight is 754 g/mol. The number of aliphatic imine (C=N–C) groups is 2. The van der Waals surface area contributed by atoms with Gasteiger partial charge in [-0.2, -0.15) is 0 Å². The lowest BCUT2D eigenvalue weighted by atomic mass is 9.79. The van der Waals surface area contributed by atoms with Crippen LogP contribution in [-0.4, -0.2) is 16.5 Å². The number of pyridine rings is 1. The van der Waals surface area contributed by atoms with Gasteiger partial charge < -0.3 is 0 Å². The van der Waals surface area contributed by atoms with Gasteiger partial charge in [0.25, 0.3) is 0 Å². The SMILES string of the molecule is C=C\C=C/C=C(C)/C(C)=N/C(=N\Cc1ccc(-c2ccc3c(c2)C(C)(C)c2cc4c(cc2-3)C(C)(C)c2cc(-c3ccc(C(=C)C)cc3)ccc2-4)cc1)c1ccccn1. The molecular weight excluding hydrogens is 703 g/mol. The van der Waals surface area contributed by atoms with Crippen LogP contribution < -0.4 is 0 Å². The molecule has 2 aliphatic rings. The molecule has 8 rings (SSSR count).